The highest BCUT2D eigenvalue weighted by Crippen LogP contribution is 2.23. The summed E-state index contributed by atoms with van der Waals surface area (Å²) < 4.78 is 2.14. The summed E-state index contributed by atoms with van der Waals surface area (Å²) in [5, 5.41) is 4.74. The highest BCUT2D eigenvalue weighted by atomic mass is 15.2. The van der Waals surface area contributed by atoms with Crippen molar-refractivity contribution in [3.63, 3.8) is 0 Å². The Morgan fingerprint density at radius 1 is 1.15 bits per heavy atom. The van der Waals surface area contributed by atoms with Crippen LogP contribution in [0.4, 0.5) is 5.95 Å². The molecule has 1 aliphatic carbocycles. The molecule has 7 nitrogen and oxygen atoms in total. The molecule has 132 valence electrons. The molecule has 0 atom stereocenters. The van der Waals surface area contributed by atoms with Gasteiger partial charge in [-0.2, -0.15) is 0 Å². The molecule has 1 fully saturated rings. The first-order valence-electron chi connectivity index (χ1n) is 9.13. The summed E-state index contributed by atoms with van der Waals surface area (Å²) in [5.74, 6) is 1.68. The number of hydrogen-bond donors (Lipinski definition) is 3. The maximum atomic E-state index is 6.02. The minimum Gasteiger partial charge on any atom is -0.337 e. The third-order valence-corrected chi connectivity index (χ3v) is 5.26. The lowest BCUT2D eigenvalue weighted by Crippen LogP contribution is -2.35. The molecule has 0 saturated heterocycles. The molecule has 0 unspecified atom stereocenters. The van der Waals surface area contributed by atoms with Crippen molar-refractivity contribution >= 4 is 28.0 Å². The van der Waals surface area contributed by atoms with Crippen LogP contribution in [0.2, 0.25) is 0 Å². The maximum absolute atomic E-state index is 6.02. The van der Waals surface area contributed by atoms with Crippen molar-refractivity contribution in [3.05, 3.63) is 42.9 Å². The van der Waals surface area contributed by atoms with Gasteiger partial charge in [0.15, 0.2) is 5.52 Å². The van der Waals surface area contributed by atoms with Crippen molar-refractivity contribution in [2.24, 2.45) is 5.73 Å². The lowest BCUT2D eigenvalue weighted by Gasteiger charge is -2.24. The van der Waals surface area contributed by atoms with Crippen molar-refractivity contribution in [1.29, 1.82) is 0 Å². The Labute approximate surface area is 150 Å². The van der Waals surface area contributed by atoms with Crippen molar-refractivity contribution in [1.82, 2.24) is 19.5 Å². The minimum absolute atomic E-state index is 0.334. The SMILES string of the molecule is NC1CCC(Nc2nc3nc[nH]c3c(-n3ccc4ccccc43)[nH+]2)CC1. The van der Waals surface area contributed by atoms with Crippen LogP contribution in [0.1, 0.15) is 25.7 Å². The number of hydrogen-bond acceptors (Lipinski definition) is 4. The van der Waals surface area contributed by atoms with E-state index in [-0.39, 0.29) is 0 Å². The van der Waals surface area contributed by atoms with E-state index in [0.717, 1.165) is 48.5 Å². The van der Waals surface area contributed by atoms with E-state index in [2.05, 4.69) is 66.3 Å². The molecule has 0 bridgehead atoms. The summed E-state index contributed by atoms with van der Waals surface area (Å²) in [6.07, 6.45) is 7.99. The fourth-order valence-corrected chi connectivity index (χ4v) is 3.84. The van der Waals surface area contributed by atoms with Gasteiger partial charge >= 0.3 is 5.95 Å². The van der Waals surface area contributed by atoms with Crippen LogP contribution >= 0.6 is 0 Å². The fourth-order valence-electron chi connectivity index (χ4n) is 3.84. The molecule has 4 aromatic rings. The fraction of sp³-hybridized carbons (Fsp3) is 0.316. The van der Waals surface area contributed by atoms with E-state index in [1.165, 1.54) is 5.39 Å². The largest absolute Gasteiger partial charge is 0.347 e. The van der Waals surface area contributed by atoms with Gasteiger partial charge in [-0.3, -0.25) is 5.32 Å². The van der Waals surface area contributed by atoms with Gasteiger partial charge in [0.25, 0.3) is 0 Å². The summed E-state index contributed by atoms with van der Waals surface area (Å²) in [6, 6.07) is 11.2. The predicted molar refractivity (Wildman–Crippen MR) is 101 cm³/mol. The van der Waals surface area contributed by atoms with Gasteiger partial charge in [0.1, 0.15) is 0 Å². The van der Waals surface area contributed by atoms with Gasteiger partial charge in [0.05, 0.1) is 24.1 Å². The molecule has 0 radical (unpaired) electrons. The number of anilines is 1. The Morgan fingerprint density at radius 3 is 2.88 bits per heavy atom. The number of H-pyrrole nitrogens is 2. The average Bonchev–Trinajstić information content (AvgIpc) is 3.30. The summed E-state index contributed by atoms with van der Waals surface area (Å²) in [6.45, 7) is 0. The number of nitrogens with one attached hydrogen (secondary N) is 3. The third kappa shape index (κ3) is 2.61. The highest BCUT2D eigenvalue weighted by Gasteiger charge is 2.24. The molecule has 26 heavy (non-hydrogen) atoms. The van der Waals surface area contributed by atoms with E-state index < -0.39 is 0 Å². The van der Waals surface area contributed by atoms with Crippen molar-refractivity contribution in [2.75, 3.05) is 5.32 Å². The second kappa shape index (κ2) is 6.10. The second-order valence-corrected chi connectivity index (χ2v) is 7.04. The van der Waals surface area contributed by atoms with E-state index in [9.17, 15) is 0 Å². The van der Waals surface area contributed by atoms with Gasteiger partial charge in [-0.25, -0.2) is 14.5 Å². The average molecular weight is 348 g/mol. The van der Waals surface area contributed by atoms with Crippen LogP contribution in [0, 0.1) is 0 Å². The molecule has 1 aromatic carbocycles. The molecule has 0 amide bonds. The van der Waals surface area contributed by atoms with Crippen LogP contribution in [0.25, 0.3) is 27.9 Å². The van der Waals surface area contributed by atoms with E-state index in [0.29, 0.717) is 17.7 Å². The summed E-state index contributed by atoms with van der Waals surface area (Å²) in [7, 11) is 0. The lowest BCUT2D eigenvalue weighted by atomic mass is 9.92. The maximum Gasteiger partial charge on any atom is 0.347 e. The lowest BCUT2D eigenvalue weighted by molar-refractivity contribution is -0.358. The number of rotatable bonds is 3. The topological polar surface area (TPSA) is 98.7 Å². The van der Waals surface area contributed by atoms with Crippen molar-refractivity contribution < 1.29 is 4.98 Å². The minimum atomic E-state index is 0.334. The Balaban J connectivity index is 1.57. The van der Waals surface area contributed by atoms with Crippen LogP contribution in [0.15, 0.2) is 42.9 Å². The van der Waals surface area contributed by atoms with Gasteiger partial charge in [-0.15, -0.1) is 0 Å². The molecule has 1 aliphatic rings. The third-order valence-electron chi connectivity index (χ3n) is 5.26. The van der Waals surface area contributed by atoms with E-state index >= 15 is 0 Å². The first-order valence-corrected chi connectivity index (χ1v) is 9.13. The summed E-state index contributed by atoms with van der Waals surface area (Å²) >= 11 is 0. The standard InChI is InChI=1S/C19H21N7/c20-13-5-7-14(8-6-13)23-19-24-17-16(21-11-22-17)18(25-19)26-10-9-12-3-1-2-4-15(12)26/h1-4,9-11,13-14H,5-8,20H2,(H2,21,22,23,24,25)/p+1. The molecule has 3 aromatic heterocycles. The highest BCUT2D eigenvalue weighted by molar-refractivity contribution is 5.85. The molecular weight excluding hydrogens is 326 g/mol. The molecule has 5 rings (SSSR count). The molecule has 0 aliphatic heterocycles. The van der Waals surface area contributed by atoms with E-state index in [4.69, 9.17) is 5.73 Å². The number of benzene rings is 1. The quantitative estimate of drug-likeness (QED) is 0.529. The van der Waals surface area contributed by atoms with Crippen LogP contribution in [0.5, 0.6) is 0 Å². The van der Waals surface area contributed by atoms with Gasteiger partial charge in [0.2, 0.25) is 11.5 Å². The van der Waals surface area contributed by atoms with Gasteiger partial charge < -0.3 is 10.7 Å². The van der Waals surface area contributed by atoms with Crippen LogP contribution < -0.4 is 16.0 Å². The van der Waals surface area contributed by atoms with Crippen molar-refractivity contribution in [3.8, 4) is 5.82 Å². The Bertz CT molecular complexity index is 1060. The number of nitrogens with two attached hydrogens (primary N) is 1. The zero-order valence-electron chi connectivity index (χ0n) is 14.4. The molecule has 5 N–H and O–H groups in total. The molecule has 3 heterocycles. The zero-order valence-corrected chi connectivity index (χ0v) is 14.4. The van der Waals surface area contributed by atoms with Gasteiger partial charge in [-0.05, 0) is 37.8 Å². The first kappa shape index (κ1) is 15.3. The van der Waals surface area contributed by atoms with E-state index in [1.54, 1.807) is 6.33 Å². The predicted octanol–water partition coefficient (Wildman–Crippen LogP) is 2.40. The first-order chi connectivity index (χ1) is 12.8. The molecule has 1 saturated carbocycles. The van der Waals surface area contributed by atoms with Crippen LogP contribution in [-0.2, 0) is 0 Å². The number of imidazole rings is 1. The van der Waals surface area contributed by atoms with Crippen LogP contribution in [0.3, 0.4) is 0 Å². The number of para-hydroxylation sites is 1. The van der Waals surface area contributed by atoms with Crippen molar-refractivity contribution in [2.45, 2.75) is 37.8 Å². The van der Waals surface area contributed by atoms with Gasteiger partial charge in [0, 0.05) is 11.4 Å². The number of nitrogens with zero attached hydrogens (tertiary/aromatic N) is 3. The number of fused-ring (bicyclic) bond motifs is 2. The van der Waals surface area contributed by atoms with E-state index in [1.807, 2.05) is 0 Å². The molecule has 0 spiro atoms. The molecule has 7 heteroatoms. The summed E-state index contributed by atoms with van der Waals surface area (Å²) in [5.41, 5.74) is 8.75. The second-order valence-electron chi connectivity index (χ2n) is 7.04. The smallest absolute Gasteiger partial charge is 0.337 e. The Kier molecular flexibility index (Phi) is 3.60. The number of aromatic nitrogens is 5. The monoisotopic (exact) mass is 348 g/mol. The number of aromatic amines is 2. The van der Waals surface area contributed by atoms with Gasteiger partial charge in [-0.1, -0.05) is 23.2 Å². The van der Waals surface area contributed by atoms with Crippen LogP contribution in [-0.4, -0.2) is 31.6 Å². The normalized spacial score (nSPS) is 20.7. The Hall–Kier alpha value is -2.93. The molecular formula is C19H22N7+. The zero-order chi connectivity index (χ0) is 17.5. The Morgan fingerprint density at radius 2 is 2.00 bits per heavy atom. The summed E-state index contributed by atoms with van der Waals surface area (Å²) in [4.78, 5) is 15.7.